The van der Waals surface area contributed by atoms with Gasteiger partial charge in [-0.15, -0.1) is 0 Å². The smallest absolute Gasteiger partial charge is 0.306 e. The molecular formula is C95H177NO8. The van der Waals surface area contributed by atoms with Crippen LogP contribution in [-0.4, -0.2) is 82.3 Å². The molecule has 0 N–H and O–H groups in total. The van der Waals surface area contributed by atoms with Gasteiger partial charge >= 0.3 is 11.9 Å². The molecule has 2 unspecified atom stereocenters. The van der Waals surface area contributed by atoms with Gasteiger partial charge < -0.3 is 33.3 Å². The first-order chi connectivity index (χ1) is 51.1. The van der Waals surface area contributed by atoms with E-state index in [0.717, 1.165) is 70.6 Å². The van der Waals surface area contributed by atoms with Crippen molar-refractivity contribution in [2.45, 2.75) is 482 Å². The number of hydrogen-bond donors (Lipinski definition) is 0. The van der Waals surface area contributed by atoms with E-state index in [1.54, 1.807) is 0 Å². The molecule has 0 aliphatic carbocycles. The average Bonchev–Trinajstić information content (AvgIpc) is 0.971. The van der Waals surface area contributed by atoms with Gasteiger partial charge in [0.1, 0.15) is 13.2 Å². The van der Waals surface area contributed by atoms with Crippen molar-refractivity contribution in [2.75, 3.05) is 47.5 Å². The van der Waals surface area contributed by atoms with Crippen LogP contribution in [0.2, 0.25) is 0 Å². The highest BCUT2D eigenvalue weighted by Crippen LogP contribution is 2.21. The maximum atomic E-state index is 13.0. The molecule has 9 heteroatoms. The van der Waals surface area contributed by atoms with Crippen molar-refractivity contribution in [3.05, 3.63) is 60.8 Å². The van der Waals surface area contributed by atoms with E-state index < -0.39 is 24.3 Å². The monoisotopic (exact) mass is 1460 g/mol. The number of hydrogen-bond acceptors (Lipinski definition) is 8. The summed E-state index contributed by atoms with van der Waals surface area (Å²) in [6, 6.07) is 0. The van der Waals surface area contributed by atoms with E-state index in [9.17, 15) is 19.5 Å². The molecule has 0 aromatic carbocycles. The number of rotatable bonds is 87. The Morgan fingerprint density at radius 3 is 0.817 bits per heavy atom. The summed E-state index contributed by atoms with van der Waals surface area (Å²) >= 11 is 0. The third-order valence-electron chi connectivity index (χ3n) is 21.0. The highest BCUT2D eigenvalue weighted by atomic mass is 16.7. The molecule has 0 aromatic heterocycles. The zero-order valence-corrected chi connectivity index (χ0v) is 70.2. The quantitative estimate of drug-likeness (QED) is 0.0195. The minimum absolute atomic E-state index is 0.151. The molecule has 0 bridgehead atoms. The Balaban J connectivity index is 3.88. The molecule has 0 radical (unpaired) electrons. The van der Waals surface area contributed by atoms with Crippen molar-refractivity contribution in [3.8, 4) is 0 Å². The average molecular weight is 1460 g/mol. The van der Waals surface area contributed by atoms with Gasteiger partial charge in [0.15, 0.2) is 12.4 Å². The van der Waals surface area contributed by atoms with Crippen LogP contribution in [0.1, 0.15) is 470 Å². The zero-order chi connectivity index (χ0) is 75.3. The summed E-state index contributed by atoms with van der Waals surface area (Å²) in [5.41, 5.74) is 0. The number of carboxylic acid groups (broad SMARTS) is 1. The van der Waals surface area contributed by atoms with Crippen LogP contribution in [-0.2, 0) is 33.3 Å². The molecule has 0 spiro atoms. The van der Waals surface area contributed by atoms with Gasteiger partial charge in [-0.05, 0) is 57.8 Å². The van der Waals surface area contributed by atoms with Crippen LogP contribution in [0.3, 0.4) is 0 Å². The molecule has 0 saturated heterocycles. The van der Waals surface area contributed by atoms with Gasteiger partial charge in [0, 0.05) is 12.8 Å². The Kier molecular flexibility index (Phi) is 83.1. The Bertz CT molecular complexity index is 1900. The van der Waals surface area contributed by atoms with Crippen LogP contribution in [0.15, 0.2) is 60.8 Å². The Hall–Kier alpha value is -3.01. The van der Waals surface area contributed by atoms with E-state index in [-0.39, 0.29) is 32.2 Å². The van der Waals surface area contributed by atoms with Gasteiger partial charge in [-0.3, -0.25) is 9.59 Å². The minimum atomic E-state index is -1.62. The molecule has 0 saturated carbocycles. The largest absolute Gasteiger partial charge is 0.545 e. The fourth-order valence-electron chi connectivity index (χ4n) is 14.1. The number of likely N-dealkylation sites (N-methyl/N-ethyl adjacent to an activating group) is 1. The number of aliphatic carboxylic acids is 1. The first-order valence-electron chi connectivity index (χ1n) is 45.9. The van der Waals surface area contributed by atoms with Crippen LogP contribution in [0.5, 0.6) is 0 Å². The van der Waals surface area contributed by atoms with Crippen molar-refractivity contribution < 1.29 is 42.9 Å². The molecule has 0 fully saturated rings. The third kappa shape index (κ3) is 86.2. The predicted molar refractivity (Wildman–Crippen MR) is 449 cm³/mol. The van der Waals surface area contributed by atoms with Gasteiger partial charge in [-0.2, -0.15) is 0 Å². The highest BCUT2D eigenvalue weighted by molar-refractivity contribution is 5.70. The van der Waals surface area contributed by atoms with Crippen molar-refractivity contribution in [3.63, 3.8) is 0 Å². The van der Waals surface area contributed by atoms with Gasteiger partial charge in [-0.1, -0.05) is 460 Å². The van der Waals surface area contributed by atoms with Gasteiger partial charge in [-0.25, -0.2) is 0 Å². The molecular weight excluding hydrogens is 1280 g/mol. The number of quaternary nitrogens is 1. The number of carbonyl (C=O) groups is 3. The number of unbranched alkanes of at least 4 members (excludes halogenated alkanes) is 62. The second-order valence-electron chi connectivity index (χ2n) is 32.6. The number of allylic oxidation sites excluding steroid dienone is 10. The van der Waals surface area contributed by atoms with Crippen LogP contribution >= 0.6 is 0 Å². The van der Waals surface area contributed by atoms with E-state index in [1.165, 1.54) is 372 Å². The molecule has 0 aliphatic rings. The topological polar surface area (TPSA) is 111 Å². The van der Waals surface area contributed by atoms with Crippen LogP contribution in [0, 0.1) is 0 Å². The SMILES string of the molecule is CC/C=C\C/C=C\C/C=C\C/C=C\C/C=C\CCCCCCCCCCCCCCCCCCCCCCCCCCCC(=O)OC(COC(=O)CCCCCCCCCCCCCCCCCCCCCCCCCCCCCCCCCCCCCCCC)COC(OCC[N+](C)(C)C)C(=O)[O-]. The molecule has 610 valence electrons. The summed E-state index contributed by atoms with van der Waals surface area (Å²) in [6.07, 6.45) is 113. The molecule has 9 nitrogen and oxygen atoms in total. The van der Waals surface area contributed by atoms with E-state index >= 15 is 0 Å². The van der Waals surface area contributed by atoms with Crippen molar-refractivity contribution >= 4 is 17.9 Å². The first-order valence-corrected chi connectivity index (χ1v) is 45.9. The molecule has 104 heavy (non-hydrogen) atoms. The molecule has 0 rings (SSSR count). The number of esters is 2. The lowest BCUT2D eigenvalue weighted by molar-refractivity contribution is -0.870. The summed E-state index contributed by atoms with van der Waals surface area (Å²) in [7, 11) is 5.96. The van der Waals surface area contributed by atoms with Crippen molar-refractivity contribution in [2.24, 2.45) is 0 Å². The molecule has 0 amide bonds. The maximum absolute atomic E-state index is 13.0. The fraction of sp³-hybridized carbons (Fsp3) is 0.863. The number of carbonyl (C=O) groups excluding carboxylic acids is 3. The van der Waals surface area contributed by atoms with Gasteiger partial charge in [0.25, 0.3) is 0 Å². The van der Waals surface area contributed by atoms with E-state index in [2.05, 4.69) is 74.6 Å². The lowest BCUT2D eigenvalue weighted by Crippen LogP contribution is -2.44. The normalized spacial score (nSPS) is 12.8. The Morgan fingerprint density at radius 1 is 0.298 bits per heavy atom. The highest BCUT2D eigenvalue weighted by Gasteiger charge is 2.22. The first kappa shape index (κ1) is 101. The zero-order valence-electron chi connectivity index (χ0n) is 70.2. The molecule has 0 aliphatic heterocycles. The molecule has 0 heterocycles. The summed E-state index contributed by atoms with van der Waals surface area (Å²) in [4.78, 5) is 37.7. The number of nitrogens with zero attached hydrogens (tertiary/aromatic N) is 1. The Labute approximate surface area is 647 Å². The fourth-order valence-corrected chi connectivity index (χ4v) is 14.1. The Morgan fingerprint density at radius 2 is 0.548 bits per heavy atom. The minimum Gasteiger partial charge on any atom is -0.545 e. The summed E-state index contributed by atoms with van der Waals surface area (Å²) in [5.74, 6) is -2.24. The lowest BCUT2D eigenvalue weighted by Gasteiger charge is -2.26. The van der Waals surface area contributed by atoms with Gasteiger partial charge in [0.2, 0.25) is 0 Å². The summed E-state index contributed by atoms with van der Waals surface area (Å²) in [6.45, 7) is 4.72. The van der Waals surface area contributed by atoms with Gasteiger partial charge in [0.05, 0.1) is 40.3 Å². The van der Waals surface area contributed by atoms with Crippen LogP contribution in [0.4, 0.5) is 0 Å². The van der Waals surface area contributed by atoms with Crippen molar-refractivity contribution in [1.29, 1.82) is 0 Å². The molecule has 2 atom stereocenters. The second kappa shape index (κ2) is 85.6. The molecule has 0 aromatic rings. The second-order valence-corrected chi connectivity index (χ2v) is 32.6. The predicted octanol–water partition coefficient (Wildman–Crippen LogP) is 28.8. The number of ether oxygens (including phenoxy) is 4. The van der Waals surface area contributed by atoms with E-state index in [4.69, 9.17) is 18.9 Å². The third-order valence-corrected chi connectivity index (χ3v) is 21.0. The van der Waals surface area contributed by atoms with Crippen LogP contribution in [0.25, 0.3) is 0 Å². The van der Waals surface area contributed by atoms with E-state index in [1.807, 2.05) is 21.1 Å². The van der Waals surface area contributed by atoms with Crippen molar-refractivity contribution in [1.82, 2.24) is 0 Å². The van der Waals surface area contributed by atoms with Crippen LogP contribution < -0.4 is 5.11 Å². The standard InChI is InChI=1S/C95H177NO8/c1-6-8-10-12-14-16-18-20-22-24-26-28-30-32-34-36-38-40-42-44-46-47-48-50-52-54-56-58-60-62-64-66-68-70-72-74-76-78-80-82-84-86-93(98)104-91(90-103-95(94(99)100)101-88-87-96(3,4)5)89-102-92(97)85-83-81-79-77-75-73-71-69-67-65-63-61-59-57-55-53-51-49-45-43-41-39-37-35-33-31-29-27-25-23-21-19-17-15-13-11-9-7-2/h8,10,14,16,20,22,26,28,32,34,91,95H,6-7,9,11-13,15,17-19,21,23-25,27,29-31,33,35-90H2,1-5H3/b10-8-,16-14-,22-20-,28-26-,34-32-. The maximum Gasteiger partial charge on any atom is 0.306 e. The lowest BCUT2D eigenvalue weighted by atomic mass is 10.0. The number of carboxylic acids is 1. The summed E-state index contributed by atoms with van der Waals surface area (Å²) in [5, 5.41) is 11.9. The summed E-state index contributed by atoms with van der Waals surface area (Å²) < 4.78 is 22.9. The van der Waals surface area contributed by atoms with E-state index in [0.29, 0.717) is 17.4 Å².